The van der Waals surface area contributed by atoms with E-state index in [9.17, 15) is 9.59 Å². The summed E-state index contributed by atoms with van der Waals surface area (Å²) >= 11 is 0. The lowest BCUT2D eigenvalue weighted by atomic mass is 10.1. The first kappa shape index (κ1) is 21.0. The first-order chi connectivity index (χ1) is 13.5. The second-order valence-electron chi connectivity index (χ2n) is 5.96. The third-order valence-corrected chi connectivity index (χ3v) is 3.96. The van der Waals surface area contributed by atoms with Crippen molar-refractivity contribution < 1.29 is 28.6 Å². The van der Waals surface area contributed by atoms with Crippen molar-refractivity contribution in [3.05, 3.63) is 65.2 Å². The number of esters is 2. The fourth-order valence-electron chi connectivity index (χ4n) is 2.32. The molecule has 0 aliphatic heterocycles. The molecule has 28 heavy (non-hydrogen) atoms. The Morgan fingerprint density at radius 3 is 2.25 bits per heavy atom. The summed E-state index contributed by atoms with van der Waals surface area (Å²) in [5.41, 5.74) is 3.08. The summed E-state index contributed by atoms with van der Waals surface area (Å²) in [4.78, 5) is 29.1. The van der Waals surface area contributed by atoms with Gasteiger partial charge in [0.15, 0.2) is 0 Å². The number of oxime groups is 1. The summed E-state index contributed by atoms with van der Waals surface area (Å²) < 4.78 is 14.8. The summed E-state index contributed by atoms with van der Waals surface area (Å²) in [7, 11) is 2.34. The van der Waals surface area contributed by atoms with Gasteiger partial charge in [-0.2, -0.15) is 0 Å². The zero-order valence-electron chi connectivity index (χ0n) is 16.3. The molecule has 7 heteroatoms. The van der Waals surface area contributed by atoms with Crippen LogP contribution in [0, 0.1) is 6.92 Å². The molecule has 0 atom stereocenters. The van der Waals surface area contributed by atoms with E-state index in [1.807, 2.05) is 36.4 Å². The fraction of sp³-hybridized carbons (Fsp3) is 0.286. The second kappa shape index (κ2) is 10.1. The summed E-state index contributed by atoms with van der Waals surface area (Å²) in [6.45, 7) is 3.93. The van der Waals surface area contributed by atoms with E-state index < -0.39 is 18.0 Å². The largest absolute Gasteiger partial charge is 0.467 e. The molecule has 0 spiro atoms. The Labute approximate surface area is 163 Å². The van der Waals surface area contributed by atoms with E-state index >= 15 is 0 Å². The van der Waals surface area contributed by atoms with Crippen molar-refractivity contribution in [1.29, 1.82) is 0 Å². The molecular weight excluding hydrogens is 362 g/mol. The van der Waals surface area contributed by atoms with Gasteiger partial charge >= 0.3 is 11.9 Å². The van der Waals surface area contributed by atoms with Crippen molar-refractivity contribution in [2.45, 2.75) is 26.6 Å². The molecule has 2 rings (SSSR count). The van der Waals surface area contributed by atoms with Gasteiger partial charge in [0, 0.05) is 5.56 Å². The fourth-order valence-corrected chi connectivity index (χ4v) is 2.32. The van der Waals surface area contributed by atoms with Gasteiger partial charge in [0.25, 0.3) is 6.10 Å². The number of carbonyl (C=O) groups is 2. The molecule has 0 aliphatic rings. The number of benzene rings is 2. The number of carbonyl (C=O) groups excluding carboxylic acids is 2. The molecule has 148 valence electrons. The van der Waals surface area contributed by atoms with Crippen LogP contribution in [0.25, 0.3) is 0 Å². The molecule has 2 aromatic carbocycles. The SMILES string of the molecule is COC(=O)C(Oc1cc(C(C)=NOCc2ccccc2)ccc1C)C(=O)OC. The zero-order chi connectivity index (χ0) is 20.5. The molecule has 0 heterocycles. The Morgan fingerprint density at radius 1 is 1.00 bits per heavy atom. The number of hydrogen-bond donors (Lipinski definition) is 0. The van der Waals surface area contributed by atoms with Crippen LogP contribution in [-0.4, -0.2) is 38.0 Å². The molecule has 7 nitrogen and oxygen atoms in total. The molecule has 0 bridgehead atoms. The maximum atomic E-state index is 11.8. The molecule has 2 aromatic rings. The average Bonchev–Trinajstić information content (AvgIpc) is 2.72. The van der Waals surface area contributed by atoms with Crippen molar-refractivity contribution >= 4 is 17.7 Å². The second-order valence-corrected chi connectivity index (χ2v) is 5.96. The Bertz CT molecular complexity index is 831. The number of rotatable bonds is 8. The zero-order valence-corrected chi connectivity index (χ0v) is 16.3. The number of methoxy groups -OCH3 is 2. The van der Waals surface area contributed by atoms with Crippen LogP contribution in [0.2, 0.25) is 0 Å². The smallest absolute Gasteiger partial charge is 0.359 e. The van der Waals surface area contributed by atoms with Crippen LogP contribution < -0.4 is 4.74 Å². The number of aryl methyl sites for hydroxylation is 1. The van der Waals surface area contributed by atoms with Crippen LogP contribution in [-0.2, 0) is 30.5 Å². The van der Waals surface area contributed by atoms with Gasteiger partial charge in [-0.1, -0.05) is 47.6 Å². The minimum Gasteiger partial charge on any atom is -0.467 e. The molecule has 0 saturated carbocycles. The van der Waals surface area contributed by atoms with Crippen LogP contribution in [0.1, 0.15) is 23.6 Å². The van der Waals surface area contributed by atoms with Crippen molar-refractivity contribution in [1.82, 2.24) is 0 Å². The van der Waals surface area contributed by atoms with E-state index in [4.69, 9.17) is 9.57 Å². The molecular formula is C21H23NO6. The van der Waals surface area contributed by atoms with Gasteiger partial charge in [0.2, 0.25) is 0 Å². The lowest BCUT2D eigenvalue weighted by molar-refractivity contribution is -0.163. The Balaban J connectivity index is 2.15. The summed E-state index contributed by atoms with van der Waals surface area (Å²) in [5.74, 6) is -1.34. The molecule has 0 saturated heterocycles. The van der Waals surface area contributed by atoms with Crippen molar-refractivity contribution in [3.8, 4) is 5.75 Å². The van der Waals surface area contributed by atoms with E-state index in [0.717, 1.165) is 16.7 Å². The Morgan fingerprint density at radius 2 is 1.64 bits per heavy atom. The summed E-state index contributed by atoms with van der Waals surface area (Å²) in [5, 5.41) is 4.12. The van der Waals surface area contributed by atoms with Crippen molar-refractivity contribution in [2.75, 3.05) is 14.2 Å². The molecule has 0 amide bonds. The van der Waals surface area contributed by atoms with Crippen LogP contribution in [0.5, 0.6) is 5.75 Å². The standard InChI is InChI=1S/C21H23NO6/c1-14-10-11-17(15(2)22-27-13-16-8-6-5-7-9-16)12-18(14)28-19(20(23)25-3)21(24)26-4/h5-12,19H,13H2,1-4H3. The van der Waals surface area contributed by atoms with Crippen LogP contribution >= 0.6 is 0 Å². The number of ether oxygens (including phenoxy) is 3. The molecule has 0 aromatic heterocycles. The van der Waals surface area contributed by atoms with Crippen molar-refractivity contribution in [3.63, 3.8) is 0 Å². The lowest BCUT2D eigenvalue weighted by Crippen LogP contribution is -2.37. The third kappa shape index (κ3) is 5.57. The quantitative estimate of drug-likeness (QED) is 0.301. The molecule has 0 N–H and O–H groups in total. The molecule has 0 aliphatic carbocycles. The third-order valence-electron chi connectivity index (χ3n) is 3.96. The normalized spacial score (nSPS) is 11.1. The summed E-state index contributed by atoms with van der Waals surface area (Å²) in [6, 6.07) is 15.0. The van der Waals surface area contributed by atoms with Gasteiger partial charge in [-0.15, -0.1) is 0 Å². The van der Waals surface area contributed by atoms with Gasteiger partial charge in [-0.05, 0) is 31.0 Å². The van der Waals surface area contributed by atoms with E-state index in [2.05, 4.69) is 14.6 Å². The van der Waals surface area contributed by atoms with E-state index in [0.29, 0.717) is 18.1 Å². The van der Waals surface area contributed by atoms with Crippen LogP contribution in [0.3, 0.4) is 0 Å². The van der Waals surface area contributed by atoms with Crippen molar-refractivity contribution in [2.24, 2.45) is 5.16 Å². The molecule has 0 radical (unpaired) electrons. The van der Waals surface area contributed by atoms with E-state index in [1.165, 1.54) is 14.2 Å². The van der Waals surface area contributed by atoms with Gasteiger partial charge in [0.05, 0.1) is 19.9 Å². The van der Waals surface area contributed by atoms with E-state index in [1.54, 1.807) is 26.0 Å². The summed E-state index contributed by atoms with van der Waals surface area (Å²) in [6.07, 6.45) is -1.50. The first-order valence-corrected chi connectivity index (χ1v) is 8.60. The minimum atomic E-state index is -1.50. The van der Waals surface area contributed by atoms with Gasteiger partial charge in [-0.25, -0.2) is 9.59 Å². The predicted molar refractivity (Wildman–Crippen MR) is 103 cm³/mol. The molecule has 0 unspecified atom stereocenters. The maximum Gasteiger partial charge on any atom is 0.359 e. The van der Waals surface area contributed by atoms with Crippen LogP contribution in [0.4, 0.5) is 0 Å². The topological polar surface area (TPSA) is 83.4 Å². The highest BCUT2D eigenvalue weighted by molar-refractivity contribution is 5.99. The maximum absolute atomic E-state index is 11.8. The first-order valence-electron chi connectivity index (χ1n) is 8.60. The molecule has 0 fully saturated rings. The van der Waals surface area contributed by atoms with Gasteiger partial charge in [-0.3, -0.25) is 0 Å². The van der Waals surface area contributed by atoms with E-state index in [-0.39, 0.29) is 0 Å². The predicted octanol–water partition coefficient (Wildman–Crippen LogP) is 3.03. The highest BCUT2D eigenvalue weighted by Crippen LogP contribution is 2.22. The van der Waals surface area contributed by atoms with Gasteiger partial charge < -0.3 is 19.0 Å². The Hall–Kier alpha value is -3.35. The van der Waals surface area contributed by atoms with Gasteiger partial charge in [0.1, 0.15) is 12.4 Å². The minimum absolute atomic E-state index is 0.343. The van der Waals surface area contributed by atoms with Crippen LogP contribution in [0.15, 0.2) is 53.7 Å². The number of nitrogens with zero attached hydrogens (tertiary/aromatic N) is 1. The highest BCUT2D eigenvalue weighted by atomic mass is 16.6. The highest BCUT2D eigenvalue weighted by Gasteiger charge is 2.31. The lowest BCUT2D eigenvalue weighted by Gasteiger charge is -2.17. The average molecular weight is 385 g/mol. The Kier molecular flexibility index (Phi) is 7.56. The number of hydrogen-bond acceptors (Lipinski definition) is 7. The monoisotopic (exact) mass is 385 g/mol.